The molecule has 0 radical (unpaired) electrons. The maximum atomic E-state index is 12.4. The number of likely N-dealkylation sites (tertiary alicyclic amines) is 1. The molecule has 1 aliphatic heterocycles. The van der Waals surface area contributed by atoms with Crippen LogP contribution in [0.2, 0.25) is 0 Å². The van der Waals surface area contributed by atoms with Gasteiger partial charge in [0.15, 0.2) is 0 Å². The number of carbonyl (C=O) groups excluding carboxylic acids is 13. The van der Waals surface area contributed by atoms with Crippen LogP contribution < -0.4 is 58.5 Å². The lowest BCUT2D eigenvalue weighted by molar-refractivity contribution is -0.139. The first-order valence-electron chi connectivity index (χ1n) is 27.1. The number of hydrogen-bond acceptors (Lipinski definition) is 21. The maximum Gasteiger partial charge on any atom is 0.317 e. The van der Waals surface area contributed by atoms with Crippen LogP contribution in [0.4, 0.5) is 0 Å². The Hall–Kier alpha value is -6.82. The van der Waals surface area contributed by atoms with E-state index in [4.69, 9.17) is 19.3 Å². The van der Waals surface area contributed by atoms with Crippen LogP contribution in [-0.2, 0) is 86.1 Å². The summed E-state index contributed by atoms with van der Waals surface area (Å²) >= 11 is 2.97. The molecule has 13 N–H and O–H groups in total. The van der Waals surface area contributed by atoms with Crippen LogP contribution in [0, 0.1) is 0 Å². The summed E-state index contributed by atoms with van der Waals surface area (Å²) in [7, 11) is 8.97. The Kier molecular flexibility index (Phi) is 46.6. The van der Waals surface area contributed by atoms with Crippen LogP contribution >= 0.6 is 35.3 Å². The van der Waals surface area contributed by atoms with Crippen LogP contribution in [-0.4, -0.2) is 257 Å². The van der Waals surface area contributed by atoms with Gasteiger partial charge in [0.25, 0.3) is 0 Å². The molecule has 490 valence electrons. The minimum absolute atomic E-state index is 0.00657. The van der Waals surface area contributed by atoms with Gasteiger partial charge in [0.2, 0.25) is 76.8 Å². The number of carbonyl (C=O) groups is 15. The van der Waals surface area contributed by atoms with Crippen molar-refractivity contribution in [3.8, 4) is 0 Å². The second-order valence-electron chi connectivity index (χ2n) is 18.3. The van der Waals surface area contributed by atoms with Crippen molar-refractivity contribution in [2.75, 3.05) is 119 Å². The predicted octanol–water partition coefficient (Wildman–Crippen LogP) is -4.41. The fourth-order valence-corrected chi connectivity index (χ4v) is 10.3. The number of nitrogens with zero attached hydrogens (tertiary/aromatic N) is 1. The second-order valence-corrected chi connectivity index (χ2v) is 22.0. The average molecular weight is 1290 g/mol. The zero-order valence-corrected chi connectivity index (χ0v) is 52.7. The molecule has 1 heterocycles. The number of aliphatic carboxylic acids is 2. The predicted molar refractivity (Wildman–Crippen MR) is 318 cm³/mol. The molecule has 0 aromatic heterocycles. The highest BCUT2D eigenvalue weighted by Gasteiger charge is 2.39. The topological polar surface area (TPSA) is 460 Å². The fourth-order valence-electron chi connectivity index (χ4n) is 6.85. The van der Waals surface area contributed by atoms with Crippen molar-refractivity contribution in [2.45, 2.75) is 112 Å². The van der Waals surface area contributed by atoms with Gasteiger partial charge in [-0.15, -0.1) is 35.3 Å². The van der Waals surface area contributed by atoms with Gasteiger partial charge in [-0.25, -0.2) is 0 Å². The van der Waals surface area contributed by atoms with E-state index in [1.54, 1.807) is 21.3 Å². The summed E-state index contributed by atoms with van der Waals surface area (Å²) < 4.78 is 14.6. The van der Waals surface area contributed by atoms with E-state index in [9.17, 15) is 77.0 Å². The normalized spacial score (nSPS) is 14.0. The highest BCUT2D eigenvalue weighted by atomic mass is 32.2. The van der Waals surface area contributed by atoms with E-state index in [2.05, 4.69) is 58.5 Å². The number of carboxylic acids is 2. The maximum absolute atomic E-state index is 12.4. The molecule has 0 aromatic rings. The summed E-state index contributed by atoms with van der Waals surface area (Å²) in [6.07, 6.45) is 1.43. The smallest absolute Gasteiger partial charge is 0.317 e. The van der Waals surface area contributed by atoms with Gasteiger partial charge in [0, 0.05) is 172 Å². The summed E-state index contributed by atoms with van der Waals surface area (Å²) in [6.45, 7) is 6.96. The van der Waals surface area contributed by atoms with Gasteiger partial charge < -0.3 is 82.9 Å². The molecule has 1 aliphatic rings. The zero-order chi connectivity index (χ0) is 65.6. The molecule has 0 aliphatic carbocycles. The van der Waals surface area contributed by atoms with Crippen molar-refractivity contribution in [3.05, 3.63) is 0 Å². The monoisotopic (exact) mass is 1280 g/mol. The van der Waals surface area contributed by atoms with E-state index in [0.717, 1.165) is 40.2 Å². The largest absolute Gasteiger partial charge is 0.481 e. The Balaban J connectivity index is 0. The van der Waals surface area contributed by atoms with E-state index in [-0.39, 0.29) is 110 Å². The van der Waals surface area contributed by atoms with Crippen molar-refractivity contribution in [1.29, 1.82) is 0 Å². The van der Waals surface area contributed by atoms with Crippen LogP contribution in [0.5, 0.6) is 0 Å². The lowest BCUT2D eigenvalue weighted by Crippen LogP contribution is -2.47. The number of thioether (sulfide) groups is 3. The molecule has 32 nitrogen and oxygen atoms in total. The molecule has 3 unspecified atom stereocenters. The van der Waals surface area contributed by atoms with Gasteiger partial charge in [-0.1, -0.05) is 0 Å². The Morgan fingerprint density at radius 3 is 1.28 bits per heavy atom. The first-order valence-corrected chi connectivity index (χ1v) is 30.3. The number of rotatable bonds is 42. The molecule has 1 rings (SSSR count). The van der Waals surface area contributed by atoms with Crippen LogP contribution in [0.15, 0.2) is 0 Å². The number of nitrogens with one attached hydrogen (secondary N) is 11. The molecule has 6 atom stereocenters. The number of likely N-dealkylation sites (N-methyl/N-ethyl adjacent to an activating group) is 3. The first kappa shape index (κ1) is 81.2. The third-order valence-corrected chi connectivity index (χ3v) is 15.0. The molecule has 0 spiro atoms. The van der Waals surface area contributed by atoms with Crippen LogP contribution in [0.25, 0.3) is 0 Å². The van der Waals surface area contributed by atoms with E-state index in [1.165, 1.54) is 41.9 Å². The number of ether oxygens (including phenoxy) is 3. The number of methoxy groups -OCH3 is 3. The van der Waals surface area contributed by atoms with Crippen molar-refractivity contribution in [1.82, 2.24) is 63.4 Å². The van der Waals surface area contributed by atoms with Gasteiger partial charge >= 0.3 is 11.9 Å². The molecule has 35 heteroatoms. The Bertz CT molecular complexity index is 2220. The third-order valence-electron chi connectivity index (χ3n) is 11.1. The molecule has 0 saturated carbocycles. The van der Waals surface area contributed by atoms with E-state index < -0.39 is 87.7 Å². The molecule has 1 saturated heterocycles. The summed E-state index contributed by atoms with van der Waals surface area (Å²) in [5, 5.41) is 43.4. The van der Waals surface area contributed by atoms with E-state index >= 15 is 0 Å². The summed E-state index contributed by atoms with van der Waals surface area (Å²) in [6, 6.07) is -2.60. The third kappa shape index (κ3) is 40.5. The fraction of sp³-hybridized carbons (Fsp3) is 0.706. The Labute approximate surface area is 513 Å². The summed E-state index contributed by atoms with van der Waals surface area (Å²) in [5.41, 5.74) is 0. The highest BCUT2D eigenvalue weighted by Crippen LogP contribution is 2.26. The molecule has 0 bridgehead atoms. The second kappa shape index (κ2) is 49.3. The molecular formula is C51H88N12O20S3. The van der Waals surface area contributed by atoms with E-state index in [0.29, 0.717) is 58.7 Å². The van der Waals surface area contributed by atoms with E-state index in [1.807, 2.05) is 0 Å². The first-order chi connectivity index (χ1) is 40.7. The lowest BCUT2D eigenvalue weighted by Gasteiger charge is -2.19. The summed E-state index contributed by atoms with van der Waals surface area (Å²) in [5.74, 6) is -7.20. The lowest BCUT2D eigenvalue weighted by atomic mass is 10.3. The van der Waals surface area contributed by atoms with Gasteiger partial charge in [-0.3, -0.25) is 76.8 Å². The number of amides is 13. The Morgan fingerprint density at radius 2 is 0.895 bits per heavy atom. The summed E-state index contributed by atoms with van der Waals surface area (Å²) in [4.78, 5) is 176. The van der Waals surface area contributed by atoms with Crippen LogP contribution in [0.3, 0.4) is 0 Å². The average Bonchev–Trinajstić information content (AvgIpc) is 4.03. The van der Waals surface area contributed by atoms with Gasteiger partial charge in [-0.2, -0.15) is 0 Å². The Morgan fingerprint density at radius 1 is 0.512 bits per heavy atom. The molecule has 13 amide bonds. The quantitative estimate of drug-likeness (QED) is 0.0203. The van der Waals surface area contributed by atoms with Crippen molar-refractivity contribution in [3.63, 3.8) is 0 Å². The number of carboxylic acid groups (broad SMARTS) is 2. The zero-order valence-electron chi connectivity index (χ0n) is 50.2. The van der Waals surface area contributed by atoms with Gasteiger partial charge in [-0.05, 0) is 19.3 Å². The number of hydrogen-bond donors (Lipinski definition) is 13. The van der Waals surface area contributed by atoms with Crippen molar-refractivity contribution < 1.29 is 96.3 Å². The SMILES string of the molecule is CNC(=O)[C@H](CSC(CC(=O)NCCC(=O)NCCCOC)C(=O)O)NC(C)=O.CNC(=O)[C@H](CSC(CC(=O)O)C(=O)NCCC(=O)NCCCOC)NC(C)=O.CNC(=O)[C@H](CSC1CC(=O)N(CCC(=O)NCCCOC)C1=O)NC(C)=O. The minimum Gasteiger partial charge on any atom is -0.481 e. The van der Waals surface area contributed by atoms with Crippen molar-refractivity contribution in [2.24, 2.45) is 0 Å². The van der Waals surface area contributed by atoms with Gasteiger partial charge in [0.05, 0.1) is 16.9 Å². The highest BCUT2D eigenvalue weighted by molar-refractivity contribution is 8.01. The molecule has 0 aromatic carbocycles. The standard InChI is InChI=1S/2C17H30N4O7S.C17H28N4O6S/c1-11(22)21-12(16(26)18-2)10-29-13(9-15(24)25)17(27)20-7-5-14(23)19-6-4-8-28-3;1-11(22)21-12(16(25)18-2)10-29-13(17(26)27)9-15(24)20-7-5-14(23)19-6-4-8-28-3;1-11(22)20-12(16(25)18-2)10-28-13-9-15(24)21(17(13)26)7-5-14(23)19-6-4-8-27-3/h12-13H,4-10H2,1-3H3,(H,18,26)(H,19,23)(H,20,27)(H,21,22)(H,24,25);12-13H,4-10H2,1-3H3,(H,18,25)(H,19,23)(H,20,24)(H,21,22)(H,26,27);12-13H,4-10H2,1-3H3,(H,18,25)(H,19,23)(H,20,22)/t3*12-,13?/m000/s1. The molecule has 1 fully saturated rings. The molecule has 86 heavy (non-hydrogen) atoms. The molecular weight excluding hydrogens is 1200 g/mol. The van der Waals surface area contributed by atoms with Crippen LogP contribution in [0.1, 0.15) is 78.6 Å². The van der Waals surface area contributed by atoms with Gasteiger partial charge in [0.1, 0.15) is 23.4 Å². The number of imide groups is 1. The minimum atomic E-state index is -1.21. The van der Waals surface area contributed by atoms with Crippen molar-refractivity contribution >= 4 is 124 Å².